The molecule has 1 atom stereocenters. The molecule has 0 heterocycles. The molecule has 0 fully saturated rings. The van der Waals surface area contributed by atoms with Crippen molar-refractivity contribution in [1.29, 1.82) is 0 Å². The maximum Gasteiger partial charge on any atom is 0.0146 e. The maximum atomic E-state index is 3.09. The van der Waals surface area contributed by atoms with Crippen LogP contribution < -0.4 is 0 Å². The van der Waals surface area contributed by atoms with Crippen LogP contribution in [-0.4, -0.2) is 0 Å². The fraction of sp³-hybridized carbons (Fsp3) is 0.806. The molecular weight excluding hydrogens is 372 g/mol. The third kappa shape index (κ3) is 23.5. The van der Waals surface area contributed by atoms with Crippen LogP contribution in [0.2, 0.25) is 0 Å². The second-order valence-electron chi connectivity index (χ2n) is 10.2. The highest BCUT2D eigenvalue weighted by atomic mass is 14.2. The van der Waals surface area contributed by atoms with E-state index < -0.39 is 0 Å². The quantitative estimate of drug-likeness (QED) is 0.297. The van der Waals surface area contributed by atoms with Crippen molar-refractivity contribution in [3.8, 4) is 11.8 Å². The molecule has 0 spiro atoms. The first-order chi connectivity index (χ1) is 13.1. The molecule has 0 rings (SSSR count). The van der Waals surface area contributed by atoms with Gasteiger partial charge in [-0.25, -0.2) is 0 Å². The van der Waals surface area contributed by atoms with Gasteiger partial charge in [-0.3, -0.25) is 0 Å². The van der Waals surface area contributed by atoms with E-state index in [1.54, 1.807) is 16.7 Å². The monoisotopic (exact) mass is 437 g/mol. The molecule has 0 amide bonds. The van der Waals surface area contributed by atoms with Gasteiger partial charge in [-0.1, -0.05) is 128 Å². The predicted molar refractivity (Wildman–Crippen MR) is 152 cm³/mol. The van der Waals surface area contributed by atoms with Gasteiger partial charge in [0.25, 0.3) is 0 Å². The number of allylic oxidation sites excluding steroid dienone is 4. The molecule has 0 saturated heterocycles. The lowest BCUT2D eigenvalue weighted by Gasteiger charge is -2.22. The molecule has 0 aliphatic carbocycles. The zero-order chi connectivity index (χ0) is 23.9. The Bertz CT molecular complexity index is 482. The minimum absolute atomic E-state index is 0. The summed E-state index contributed by atoms with van der Waals surface area (Å²) in [5, 5.41) is 0. The van der Waals surface area contributed by atoms with Gasteiger partial charge in [-0.05, 0) is 50.4 Å². The topological polar surface area (TPSA) is 0 Å². The lowest BCUT2D eigenvalue weighted by atomic mass is 9.84. The van der Waals surface area contributed by atoms with Crippen molar-refractivity contribution in [2.24, 2.45) is 41.4 Å². The second kappa shape index (κ2) is 22.2. The fourth-order valence-electron chi connectivity index (χ4n) is 2.75. The SMILES string of the molecule is C.C.C/C(=C(/C)C(C)C)C(C)C.C/C=C(/C(C)C)C(C)C(C)C.CC(C)C#CC(C)C. The van der Waals surface area contributed by atoms with Crippen LogP contribution in [-0.2, 0) is 0 Å². The Labute approximate surface area is 201 Å². The Morgan fingerprint density at radius 1 is 0.548 bits per heavy atom. The maximum absolute atomic E-state index is 3.09. The Kier molecular flexibility index (Phi) is 29.0. The zero-order valence-electron chi connectivity index (χ0n) is 23.1. The van der Waals surface area contributed by atoms with E-state index in [1.807, 2.05) is 0 Å². The Balaban J connectivity index is -0.000000107. The highest BCUT2D eigenvalue weighted by Crippen LogP contribution is 2.25. The zero-order valence-corrected chi connectivity index (χ0v) is 23.1. The van der Waals surface area contributed by atoms with Gasteiger partial charge >= 0.3 is 0 Å². The van der Waals surface area contributed by atoms with Crippen molar-refractivity contribution < 1.29 is 0 Å². The van der Waals surface area contributed by atoms with Gasteiger partial charge in [0.2, 0.25) is 0 Å². The summed E-state index contributed by atoms with van der Waals surface area (Å²) in [5.41, 5.74) is 4.70. The van der Waals surface area contributed by atoms with E-state index in [9.17, 15) is 0 Å². The molecule has 0 aromatic rings. The summed E-state index contributed by atoms with van der Waals surface area (Å²) < 4.78 is 0. The molecule has 0 heteroatoms. The van der Waals surface area contributed by atoms with Gasteiger partial charge in [0.05, 0.1) is 0 Å². The van der Waals surface area contributed by atoms with Crippen molar-refractivity contribution >= 4 is 0 Å². The minimum atomic E-state index is 0. The van der Waals surface area contributed by atoms with Crippen LogP contribution in [0.1, 0.15) is 126 Å². The van der Waals surface area contributed by atoms with Crippen LogP contribution in [0.3, 0.4) is 0 Å². The normalized spacial score (nSPS) is 12.8. The van der Waals surface area contributed by atoms with Crippen LogP contribution in [0.15, 0.2) is 22.8 Å². The summed E-state index contributed by atoms with van der Waals surface area (Å²) in [7, 11) is 0. The van der Waals surface area contributed by atoms with Crippen LogP contribution in [0, 0.1) is 53.3 Å². The average Bonchev–Trinajstić information content (AvgIpc) is 2.59. The molecule has 0 aromatic carbocycles. The molecule has 0 aliphatic heterocycles. The van der Waals surface area contributed by atoms with Crippen molar-refractivity contribution in [1.82, 2.24) is 0 Å². The van der Waals surface area contributed by atoms with Gasteiger partial charge in [-0.2, -0.15) is 0 Å². The average molecular weight is 437 g/mol. The molecule has 0 aliphatic rings. The Morgan fingerprint density at radius 3 is 0.935 bits per heavy atom. The lowest BCUT2D eigenvalue weighted by molar-refractivity contribution is 0.443. The third-order valence-electron chi connectivity index (χ3n) is 5.54. The lowest BCUT2D eigenvalue weighted by Crippen LogP contribution is -2.11. The van der Waals surface area contributed by atoms with Gasteiger partial charge in [0.15, 0.2) is 0 Å². The van der Waals surface area contributed by atoms with E-state index in [1.165, 1.54) is 0 Å². The van der Waals surface area contributed by atoms with Crippen LogP contribution in [0.5, 0.6) is 0 Å². The second-order valence-corrected chi connectivity index (χ2v) is 10.2. The molecule has 0 nitrogen and oxygen atoms in total. The van der Waals surface area contributed by atoms with Crippen LogP contribution >= 0.6 is 0 Å². The number of hydrogen-bond acceptors (Lipinski definition) is 0. The molecule has 1 unspecified atom stereocenters. The highest BCUT2D eigenvalue weighted by Gasteiger charge is 2.14. The summed E-state index contributed by atoms with van der Waals surface area (Å²) in [6.45, 7) is 35.5. The first kappa shape index (κ1) is 40.4. The van der Waals surface area contributed by atoms with E-state index in [0.29, 0.717) is 29.6 Å². The fourth-order valence-corrected chi connectivity index (χ4v) is 2.75. The molecule has 0 saturated carbocycles. The Hall–Kier alpha value is -0.960. The van der Waals surface area contributed by atoms with E-state index in [2.05, 4.69) is 129 Å². The van der Waals surface area contributed by atoms with Crippen molar-refractivity contribution in [2.45, 2.75) is 126 Å². The first-order valence-corrected chi connectivity index (χ1v) is 11.9. The minimum Gasteiger partial charge on any atom is -0.100 e. The molecule has 0 bridgehead atoms. The van der Waals surface area contributed by atoms with E-state index in [-0.39, 0.29) is 14.9 Å². The molecule has 0 aromatic heterocycles. The number of hydrogen-bond donors (Lipinski definition) is 0. The first-order valence-electron chi connectivity index (χ1n) is 11.9. The predicted octanol–water partition coefficient (Wildman–Crippen LogP) is 11.1. The van der Waals surface area contributed by atoms with Gasteiger partial charge in [0, 0.05) is 11.8 Å². The molecule has 188 valence electrons. The van der Waals surface area contributed by atoms with E-state index >= 15 is 0 Å². The van der Waals surface area contributed by atoms with Crippen molar-refractivity contribution in [2.75, 3.05) is 0 Å². The van der Waals surface area contributed by atoms with Crippen molar-refractivity contribution in [3.63, 3.8) is 0 Å². The van der Waals surface area contributed by atoms with E-state index in [0.717, 1.165) is 11.8 Å². The van der Waals surface area contributed by atoms with Crippen LogP contribution in [0.25, 0.3) is 0 Å². The molecule has 31 heavy (non-hydrogen) atoms. The summed E-state index contributed by atoms with van der Waals surface area (Å²) in [6.07, 6.45) is 2.27. The largest absolute Gasteiger partial charge is 0.100 e. The highest BCUT2D eigenvalue weighted by molar-refractivity contribution is 5.13. The molecule has 0 N–H and O–H groups in total. The molecule has 0 radical (unpaired) electrons. The summed E-state index contributed by atoms with van der Waals surface area (Å²) in [6, 6.07) is 0. The Morgan fingerprint density at radius 2 is 0.839 bits per heavy atom. The summed E-state index contributed by atoms with van der Waals surface area (Å²) in [5.74, 6) is 10.9. The van der Waals surface area contributed by atoms with Crippen LogP contribution in [0.4, 0.5) is 0 Å². The smallest absolute Gasteiger partial charge is 0.0146 e. The summed E-state index contributed by atoms with van der Waals surface area (Å²) in [4.78, 5) is 0. The van der Waals surface area contributed by atoms with E-state index in [4.69, 9.17) is 0 Å². The third-order valence-corrected chi connectivity index (χ3v) is 5.54. The number of rotatable bonds is 5. The van der Waals surface area contributed by atoms with Gasteiger partial charge in [-0.15, -0.1) is 11.8 Å². The summed E-state index contributed by atoms with van der Waals surface area (Å²) >= 11 is 0. The van der Waals surface area contributed by atoms with Crippen molar-refractivity contribution in [3.05, 3.63) is 22.8 Å². The molecular formula is C31H64. The van der Waals surface area contributed by atoms with Gasteiger partial charge in [0.1, 0.15) is 0 Å². The van der Waals surface area contributed by atoms with Gasteiger partial charge < -0.3 is 0 Å². The standard InChI is InChI=1S/C11H22.C10H20.C8H14.2CH4/c1-7-11(9(4)5)10(6)8(2)3;1-7(2)9(5)10(6)8(3)4;1-7(2)5-6-8(3)4;;/h7-10H,1-6H3;7-8H,1-6H3;7-8H,1-4H3;2*1H4/b11-7-;10-9+;;;.